The molecule has 4 aromatic carbocycles. The van der Waals surface area contributed by atoms with Crippen LogP contribution in [0.1, 0.15) is 36.8 Å². The Labute approximate surface area is 260 Å². The van der Waals surface area contributed by atoms with Crippen molar-refractivity contribution in [3.8, 4) is 17.2 Å². The van der Waals surface area contributed by atoms with E-state index >= 15 is 0 Å². The Morgan fingerprint density at radius 1 is 0.860 bits per heavy atom. The molecule has 11 heteroatoms. The summed E-state index contributed by atoms with van der Waals surface area (Å²) in [6.45, 7) is 6.07. The van der Waals surface area contributed by atoms with E-state index in [1.807, 2.05) is 51.1 Å². The number of amides is 1. The molecule has 2 N–H and O–H groups in total. The summed E-state index contributed by atoms with van der Waals surface area (Å²) < 4.78 is 36.6. The van der Waals surface area contributed by atoms with Crippen LogP contribution >= 0.6 is 23.2 Å². The van der Waals surface area contributed by atoms with Gasteiger partial charge in [-0.15, -0.1) is 0 Å². The summed E-state index contributed by atoms with van der Waals surface area (Å²) in [5, 5.41) is 8.30. The number of para-hydroxylation sites is 2. The highest BCUT2D eigenvalue weighted by atomic mass is 35.5. The van der Waals surface area contributed by atoms with Crippen molar-refractivity contribution in [3.05, 3.63) is 124 Å². The molecule has 0 aliphatic carbocycles. The fourth-order valence-electron chi connectivity index (χ4n) is 4.12. The van der Waals surface area contributed by atoms with Crippen LogP contribution < -0.4 is 14.8 Å². The zero-order valence-electron chi connectivity index (χ0n) is 23.5. The van der Waals surface area contributed by atoms with Crippen molar-refractivity contribution in [2.75, 3.05) is 10.0 Å². The van der Waals surface area contributed by atoms with Gasteiger partial charge >= 0.3 is 0 Å². The molecule has 1 aromatic heterocycles. The minimum atomic E-state index is -4.09. The predicted molar refractivity (Wildman–Crippen MR) is 170 cm³/mol. The van der Waals surface area contributed by atoms with E-state index in [4.69, 9.17) is 33.0 Å². The summed E-state index contributed by atoms with van der Waals surface area (Å²) in [6, 6.07) is 28.3. The average Bonchev–Trinajstić information content (AvgIpc) is 3.40. The highest BCUT2D eigenvalue weighted by Crippen LogP contribution is 2.31. The van der Waals surface area contributed by atoms with Gasteiger partial charge in [-0.05, 0) is 66.7 Å². The number of rotatable bonds is 8. The smallest absolute Gasteiger partial charge is 0.261 e. The molecule has 0 saturated carbocycles. The second kappa shape index (κ2) is 12.1. The standard InChI is InChI=1S/C32H28Cl2N4O4S/c1-32(2,3)29-20-30(38(36-29)22-9-5-4-6-10-22)35-31(39)25-19-21(33)13-18-27(25)37-43(40,41)24-16-14-23(15-17-24)42-28-12-8-7-11-26(28)34/h4-20,37H,1-3H3,(H,35,39). The molecule has 0 spiro atoms. The quantitative estimate of drug-likeness (QED) is 0.179. The first-order valence-electron chi connectivity index (χ1n) is 13.2. The van der Waals surface area contributed by atoms with E-state index in [2.05, 4.69) is 10.0 Å². The van der Waals surface area contributed by atoms with Gasteiger partial charge in [0.1, 0.15) is 17.3 Å². The Hall–Kier alpha value is -4.31. The molecule has 43 heavy (non-hydrogen) atoms. The van der Waals surface area contributed by atoms with Crippen LogP contribution in [-0.4, -0.2) is 24.1 Å². The van der Waals surface area contributed by atoms with Crippen molar-refractivity contribution in [2.24, 2.45) is 0 Å². The van der Waals surface area contributed by atoms with E-state index < -0.39 is 15.9 Å². The van der Waals surface area contributed by atoms with E-state index in [-0.39, 0.29) is 26.6 Å². The average molecular weight is 636 g/mol. The van der Waals surface area contributed by atoms with Crippen LogP contribution in [0.4, 0.5) is 11.5 Å². The van der Waals surface area contributed by atoms with Gasteiger partial charge in [0.15, 0.2) is 0 Å². The fraction of sp³-hybridized carbons (Fsp3) is 0.125. The van der Waals surface area contributed by atoms with Gasteiger partial charge < -0.3 is 10.1 Å². The zero-order valence-corrected chi connectivity index (χ0v) is 25.8. The lowest BCUT2D eigenvalue weighted by Gasteiger charge is -2.14. The summed E-state index contributed by atoms with van der Waals surface area (Å²) in [5.41, 5.74) is 1.32. The van der Waals surface area contributed by atoms with Crippen LogP contribution in [0.25, 0.3) is 5.69 Å². The first-order valence-corrected chi connectivity index (χ1v) is 15.5. The number of benzene rings is 4. The minimum Gasteiger partial charge on any atom is -0.456 e. The van der Waals surface area contributed by atoms with Crippen LogP contribution in [0.5, 0.6) is 11.5 Å². The van der Waals surface area contributed by atoms with E-state index in [0.717, 1.165) is 11.4 Å². The number of nitrogens with one attached hydrogen (secondary N) is 2. The van der Waals surface area contributed by atoms with Crippen molar-refractivity contribution in [1.82, 2.24) is 9.78 Å². The van der Waals surface area contributed by atoms with Gasteiger partial charge in [0.25, 0.3) is 15.9 Å². The Bertz CT molecular complexity index is 1890. The molecular weight excluding hydrogens is 607 g/mol. The first kappa shape index (κ1) is 30.2. The molecule has 220 valence electrons. The molecule has 1 amide bonds. The highest BCUT2D eigenvalue weighted by molar-refractivity contribution is 7.92. The largest absolute Gasteiger partial charge is 0.456 e. The van der Waals surface area contributed by atoms with E-state index in [0.29, 0.717) is 22.3 Å². The number of halogens is 2. The second-order valence-corrected chi connectivity index (χ2v) is 13.2. The monoisotopic (exact) mass is 634 g/mol. The number of anilines is 2. The summed E-state index contributed by atoms with van der Waals surface area (Å²) in [6.07, 6.45) is 0. The maximum Gasteiger partial charge on any atom is 0.261 e. The number of nitrogens with zero attached hydrogens (tertiary/aromatic N) is 2. The summed E-state index contributed by atoms with van der Waals surface area (Å²) in [4.78, 5) is 13.6. The lowest BCUT2D eigenvalue weighted by molar-refractivity contribution is 0.102. The number of carbonyl (C=O) groups excluding carboxylic acids is 1. The second-order valence-electron chi connectivity index (χ2n) is 10.7. The van der Waals surface area contributed by atoms with Crippen LogP contribution in [0.2, 0.25) is 10.0 Å². The number of hydrogen-bond acceptors (Lipinski definition) is 5. The van der Waals surface area contributed by atoms with Gasteiger partial charge in [0.05, 0.1) is 32.6 Å². The predicted octanol–water partition coefficient (Wildman–Crippen LogP) is 8.32. The summed E-state index contributed by atoms with van der Waals surface area (Å²) >= 11 is 12.4. The van der Waals surface area contributed by atoms with Gasteiger partial charge in [-0.25, -0.2) is 13.1 Å². The van der Waals surface area contributed by atoms with Crippen molar-refractivity contribution in [2.45, 2.75) is 31.1 Å². The Kier molecular flexibility index (Phi) is 8.50. The number of ether oxygens (including phenoxy) is 1. The zero-order chi connectivity index (χ0) is 30.8. The third-order valence-corrected chi connectivity index (χ3v) is 8.32. The Morgan fingerprint density at radius 2 is 1.53 bits per heavy atom. The molecule has 0 saturated heterocycles. The number of aromatic nitrogens is 2. The van der Waals surface area contributed by atoms with E-state index in [1.165, 1.54) is 42.5 Å². The van der Waals surface area contributed by atoms with Crippen molar-refractivity contribution in [3.63, 3.8) is 0 Å². The van der Waals surface area contributed by atoms with Gasteiger partial charge in [-0.3, -0.25) is 9.52 Å². The normalized spacial score (nSPS) is 11.7. The van der Waals surface area contributed by atoms with E-state index in [1.54, 1.807) is 35.0 Å². The fourth-order valence-corrected chi connectivity index (χ4v) is 5.55. The minimum absolute atomic E-state index is 0.0303. The van der Waals surface area contributed by atoms with Crippen LogP contribution in [0.3, 0.4) is 0 Å². The van der Waals surface area contributed by atoms with Crippen LogP contribution in [-0.2, 0) is 15.4 Å². The third-order valence-electron chi connectivity index (χ3n) is 6.39. The third kappa shape index (κ3) is 7.02. The van der Waals surface area contributed by atoms with Crippen LogP contribution in [0, 0.1) is 0 Å². The molecule has 8 nitrogen and oxygen atoms in total. The number of sulfonamides is 1. The molecule has 5 rings (SSSR count). The maximum absolute atomic E-state index is 13.6. The molecule has 0 fully saturated rings. The van der Waals surface area contributed by atoms with Gasteiger partial charge in [0, 0.05) is 16.5 Å². The van der Waals surface area contributed by atoms with Crippen molar-refractivity contribution >= 4 is 50.6 Å². The number of hydrogen-bond donors (Lipinski definition) is 2. The van der Waals surface area contributed by atoms with Gasteiger partial charge in [-0.1, -0.05) is 74.3 Å². The van der Waals surface area contributed by atoms with Crippen molar-refractivity contribution < 1.29 is 17.9 Å². The molecular formula is C32H28Cl2N4O4S. The molecule has 5 aromatic rings. The molecule has 0 bridgehead atoms. The number of carbonyl (C=O) groups is 1. The lowest BCUT2D eigenvalue weighted by Crippen LogP contribution is -2.20. The van der Waals surface area contributed by atoms with Gasteiger partial charge in [0.2, 0.25) is 0 Å². The molecule has 1 heterocycles. The highest BCUT2D eigenvalue weighted by Gasteiger charge is 2.24. The first-order chi connectivity index (χ1) is 20.4. The molecule has 0 unspecified atom stereocenters. The van der Waals surface area contributed by atoms with Gasteiger partial charge in [-0.2, -0.15) is 5.10 Å². The summed E-state index contributed by atoms with van der Waals surface area (Å²) in [7, 11) is -4.09. The van der Waals surface area contributed by atoms with Crippen molar-refractivity contribution in [1.29, 1.82) is 0 Å². The Morgan fingerprint density at radius 3 is 2.21 bits per heavy atom. The lowest BCUT2D eigenvalue weighted by atomic mass is 9.92. The Balaban J connectivity index is 1.41. The van der Waals surface area contributed by atoms with Crippen LogP contribution in [0.15, 0.2) is 108 Å². The molecule has 0 radical (unpaired) electrons. The summed E-state index contributed by atoms with van der Waals surface area (Å²) in [5.74, 6) is 0.700. The maximum atomic E-state index is 13.6. The topological polar surface area (TPSA) is 102 Å². The van der Waals surface area contributed by atoms with E-state index in [9.17, 15) is 13.2 Å². The molecule has 0 aliphatic rings. The molecule has 0 atom stereocenters. The SMILES string of the molecule is CC(C)(C)c1cc(NC(=O)c2cc(Cl)ccc2NS(=O)(=O)c2ccc(Oc3ccccc3Cl)cc2)n(-c2ccccc2)n1. The molecule has 0 aliphatic heterocycles.